The van der Waals surface area contributed by atoms with Crippen molar-refractivity contribution in [1.29, 1.82) is 5.26 Å². The minimum Gasteiger partial charge on any atom is -0.476 e. The largest absolute Gasteiger partial charge is 0.476 e. The van der Waals surface area contributed by atoms with Gasteiger partial charge in [0.15, 0.2) is 5.69 Å². The summed E-state index contributed by atoms with van der Waals surface area (Å²) < 4.78 is 37.4. The van der Waals surface area contributed by atoms with E-state index >= 15 is 0 Å². The molecule has 0 spiro atoms. The molecule has 0 saturated carbocycles. The highest BCUT2D eigenvalue weighted by Gasteiger charge is 2.24. The van der Waals surface area contributed by atoms with Gasteiger partial charge >= 0.3 is 5.97 Å². The van der Waals surface area contributed by atoms with Crippen molar-refractivity contribution in [3.8, 4) is 6.07 Å². The normalized spacial score (nSPS) is 10.1. The molecule has 0 bridgehead atoms. The van der Waals surface area contributed by atoms with Gasteiger partial charge in [-0.25, -0.2) is 18.6 Å². The molecule has 7 heteroatoms. The number of rotatable bonds is 2. The van der Waals surface area contributed by atoms with Gasteiger partial charge in [-0.2, -0.15) is 9.65 Å². The molecule has 78 valence electrons. The van der Waals surface area contributed by atoms with Crippen molar-refractivity contribution in [3.63, 3.8) is 0 Å². The number of nitrogens with zero attached hydrogens (tertiary/aromatic N) is 2. The first kappa shape index (κ1) is 11.0. The number of alkyl halides is 2. The van der Waals surface area contributed by atoms with Crippen molar-refractivity contribution in [1.82, 2.24) is 4.98 Å². The third-order valence-electron chi connectivity index (χ3n) is 1.57. The van der Waals surface area contributed by atoms with E-state index in [1.54, 1.807) is 0 Å². The van der Waals surface area contributed by atoms with Crippen molar-refractivity contribution < 1.29 is 23.1 Å². The number of aromatic carboxylic acids is 1. The van der Waals surface area contributed by atoms with Gasteiger partial charge in [-0.15, -0.1) is 0 Å². The number of carboxylic acids is 1. The predicted molar refractivity (Wildman–Crippen MR) is 40.8 cm³/mol. The molecule has 0 radical (unpaired) electrons. The van der Waals surface area contributed by atoms with Gasteiger partial charge in [0.25, 0.3) is 6.43 Å². The van der Waals surface area contributed by atoms with Gasteiger partial charge in [-0.1, -0.05) is 0 Å². The van der Waals surface area contributed by atoms with E-state index in [0.717, 1.165) is 0 Å². The lowest BCUT2D eigenvalue weighted by Gasteiger charge is -2.05. The summed E-state index contributed by atoms with van der Waals surface area (Å²) in [5.74, 6) is -3.09. The van der Waals surface area contributed by atoms with E-state index in [1.165, 1.54) is 6.07 Å². The number of aromatic nitrogens is 1. The highest BCUT2D eigenvalue weighted by molar-refractivity contribution is 5.87. The maximum absolute atomic E-state index is 12.6. The zero-order valence-electron chi connectivity index (χ0n) is 7.04. The molecule has 1 rings (SSSR count). The Kier molecular flexibility index (Phi) is 2.90. The maximum atomic E-state index is 12.6. The summed E-state index contributed by atoms with van der Waals surface area (Å²) in [5, 5.41) is 16.9. The van der Waals surface area contributed by atoms with Gasteiger partial charge in [0, 0.05) is 6.07 Å². The Balaban J connectivity index is 3.56. The first-order valence-corrected chi connectivity index (χ1v) is 3.59. The standard InChI is InChI=1S/C8H3F3N2O2/c9-4-1-3(2-12)5(7(10)11)6(13-4)8(14)15/h1,7H,(H,14,15). The summed E-state index contributed by atoms with van der Waals surface area (Å²) in [6.07, 6.45) is -3.20. The molecule has 0 amide bonds. The molecule has 15 heavy (non-hydrogen) atoms. The number of carbonyl (C=O) groups is 1. The van der Waals surface area contributed by atoms with E-state index in [0.29, 0.717) is 6.07 Å². The van der Waals surface area contributed by atoms with Gasteiger partial charge in [-0.3, -0.25) is 0 Å². The summed E-state index contributed by atoms with van der Waals surface area (Å²) in [4.78, 5) is 13.3. The maximum Gasteiger partial charge on any atom is 0.355 e. The number of hydrogen-bond donors (Lipinski definition) is 1. The third kappa shape index (κ3) is 2.04. The topological polar surface area (TPSA) is 74.0 Å². The van der Waals surface area contributed by atoms with Crippen LogP contribution in [0.15, 0.2) is 6.07 Å². The van der Waals surface area contributed by atoms with Gasteiger partial charge < -0.3 is 5.11 Å². The molecule has 1 aromatic heterocycles. The molecule has 1 N–H and O–H groups in total. The second kappa shape index (κ2) is 3.96. The molecular weight excluding hydrogens is 213 g/mol. The summed E-state index contributed by atoms with van der Waals surface area (Å²) in [6.45, 7) is 0. The van der Waals surface area contributed by atoms with E-state index < -0.39 is 35.2 Å². The SMILES string of the molecule is N#Cc1cc(F)nc(C(=O)O)c1C(F)F. The van der Waals surface area contributed by atoms with Gasteiger partial charge in [-0.05, 0) is 0 Å². The molecule has 0 fully saturated rings. The Morgan fingerprint density at radius 1 is 1.60 bits per heavy atom. The third-order valence-corrected chi connectivity index (χ3v) is 1.57. The van der Waals surface area contributed by atoms with Gasteiger partial charge in [0.1, 0.15) is 0 Å². The number of nitriles is 1. The molecule has 0 atom stereocenters. The fourth-order valence-corrected chi connectivity index (χ4v) is 1.00. The van der Waals surface area contributed by atoms with Crippen LogP contribution < -0.4 is 0 Å². The van der Waals surface area contributed by atoms with Crippen LogP contribution in [0.3, 0.4) is 0 Å². The van der Waals surface area contributed by atoms with E-state index in [4.69, 9.17) is 10.4 Å². The number of halogens is 3. The van der Waals surface area contributed by atoms with Crippen LogP contribution in [0.2, 0.25) is 0 Å². The average Bonchev–Trinajstić information content (AvgIpc) is 2.15. The molecule has 0 aliphatic heterocycles. The van der Waals surface area contributed by atoms with Crippen LogP contribution in [-0.2, 0) is 0 Å². The monoisotopic (exact) mass is 216 g/mol. The summed E-state index contributed by atoms with van der Waals surface area (Å²) in [7, 11) is 0. The molecule has 1 heterocycles. The molecular formula is C8H3F3N2O2. The molecule has 0 aliphatic rings. The number of carboxylic acid groups (broad SMARTS) is 1. The van der Waals surface area contributed by atoms with E-state index in [9.17, 15) is 18.0 Å². The van der Waals surface area contributed by atoms with Crippen LogP contribution in [0.1, 0.15) is 28.0 Å². The van der Waals surface area contributed by atoms with E-state index in [-0.39, 0.29) is 0 Å². The quantitative estimate of drug-likeness (QED) is 0.764. The van der Waals surface area contributed by atoms with Crippen molar-refractivity contribution in [2.24, 2.45) is 0 Å². The van der Waals surface area contributed by atoms with Gasteiger partial charge in [0.05, 0.1) is 17.2 Å². The molecule has 4 nitrogen and oxygen atoms in total. The second-order valence-corrected chi connectivity index (χ2v) is 2.47. The van der Waals surface area contributed by atoms with E-state index in [1.807, 2.05) is 0 Å². The van der Waals surface area contributed by atoms with Crippen molar-refractivity contribution >= 4 is 5.97 Å². The van der Waals surface area contributed by atoms with Crippen LogP contribution in [0.5, 0.6) is 0 Å². The van der Waals surface area contributed by atoms with Crippen LogP contribution in [0.4, 0.5) is 13.2 Å². The van der Waals surface area contributed by atoms with Crippen LogP contribution in [0.25, 0.3) is 0 Å². The Morgan fingerprint density at radius 2 is 2.20 bits per heavy atom. The minimum absolute atomic E-state index is 0.466. The fraction of sp³-hybridized carbons (Fsp3) is 0.125. The first-order chi connectivity index (χ1) is 6.97. The minimum atomic E-state index is -3.20. The zero-order valence-corrected chi connectivity index (χ0v) is 7.04. The van der Waals surface area contributed by atoms with Crippen molar-refractivity contribution in [2.45, 2.75) is 6.43 Å². The Morgan fingerprint density at radius 3 is 2.60 bits per heavy atom. The summed E-state index contributed by atoms with van der Waals surface area (Å²) in [6, 6.07) is 1.76. The van der Waals surface area contributed by atoms with Crippen LogP contribution in [0, 0.1) is 17.3 Å². The highest BCUT2D eigenvalue weighted by atomic mass is 19.3. The Bertz CT molecular complexity index is 454. The number of hydrogen-bond acceptors (Lipinski definition) is 3. The Hall–Kier alpha value is -2.10. The molecule has 0 saturated heterocycles. The average molecular weight is 216 g/mol. The second-order valence-electron chi connectivity index (χ2n) is 2.47. The lowest BCUT2D eigenvalue weighted by Crippen LogP contribution is -2.10. The first-order valence-electron chi connectivity index (χ1n) is 3.59. The molecule has 1 aromatic rings. The molecule has 0 aromatic carbocycles. The molecule has 0 unspecified atom stereocenters. The zero-order chi connectivity index (χ0) is 11.6. The highest BCUT2D eigenvalue weighted by Crippen LogP contribution is 2.25. The predicted octanol–water partition coefficient (Wildman–Crippen LogP) is 1.73. The van der Waals surface area contributed by atoms with Crippen molar-refractivity contribution in [3.05, 3.63) is 28.8 Å². The van der Waals surface area contributed by atoms with E-state index in [2.05, 4.69) is 4.98 Å². The smallest absolute Gasteiger partial charge is 0.355 e. The lowest BCUT2D eigenvalue weighted by molar-refractivity contribution is 0.0675. The fourth-order valence-electron chi connectivity index (χ4n) is 1.00. The number of pyridine rings is 1. The van der Waals surface area contributed by atoms with Crippen molar-refractivity contribution in [2.75, 3.05) is 0 Å². The molecule has 0 aliphatic carbocycles. The van der Waals surface area contributed by atoms with Crippen LogP contribution in [-0.4, -0.2) is 16.1 Å². The Labute approximate surface area is 81.6 Å². The summed E-state index contributed by atoms with van der Waals surface area (Å²) in [5.41, 5.74) is -2.93. The van der Waals surface area contributed by atoms with Gasteiger partial charge in [0.2, 0.25) is 5.95 Å². The van der Waals surface area contributed by atoms with Crippen LogP contribution >= 0.6 is 0 Å². The summed E-state index contributed by atoms with van der Waals surface area (Å²) >= 11 is 0. The lowest BCUT2D eigenvalue weighted by atomic mass is 10.1.